The molecule has 126 valence electrons. The van der Waals surface area contributed by atoms with Gasteiger partial charge in [-0.1, -0.05) is 49.7 Å². The number of nitrogens with zero attached hydrogens (tertiary/aromatic N) is 1. The highest BCUT2D eigenvalue weighted by Gasteiger charge is 2.22. The third-order valence-corrected chi connectivity index (χ3v) is 5.34. The summed E-state index contributed by atoms with van der Waals surface area (Å²) in [4.78, 5) is 0.277. The van der Waals surface area contributed by atoms with Crippen LogP contribution in [0.3, 0.4) is 0 Å². The standard InChI is InChI=1S/C20H23NO2S/c1-17(2)13-15-21(16-14-19-7-5-4-6-8-19)24(22,23)20-11-9-18(3)10-12-20/h4-12,17H,13,15H2,1-3H3. The summed E-state index contributed by atoms with van der Waals surface area (Å²) in [6, 6.07) is 19.1. The number of hydrogen-bond acceptors (Lipinski definition) is 2. The molecule has 0 unspecified atom stereocenters. The average Bonchev–Trinajstić information content (AvgIpc) is 2.55. The van der Waals surface area contributed by atoms with Gasteiger partial charge in [-0.25, -0.2) is 12.7 Å². The van der Waals surface area contributed by atoms with Crippen LogP contribution in [0.1, 0.15) is 31.4 Å². The van der Waals surface area contributed by atoms with E-state index in [1.165, 1.54) is 4.31 Å². The van der Waals surface area contributed by atoms with E-state index >= 15 is 0 Å². The third kappa shape index (κ3) is 4.87. The molecule has 0 aliphatic carbocycles. The third-order valence-electron chi connectivity index (χ3n) is 3.62. The van der Waals surface area contributed by atoms with Crippen LogP contribution in [0.2, 0.25) is 0 Å². The molecule has 0 heterocycles. The first-order valence-electron chi connectivity index (χ1n) is 8.05. The fraction of sp³-hybridized carbons (Fsp3) is 0.300. The highest BCUT2D eigenvalue weighted by atomic mass is 32.2. The summed E-state index contributed by atoms with van der Waals surface area (Å²) in [6.07, 6.45) is 0.758. The van der Waals surface area contributed by atoms with Crippen LogP contribution in [0.15, 0.2) is 59.5 Å². The van der Waals surface area contributed by atoms with Crippen LogP contribution in [-0.2, 0) is 10.0 Å². The van der Waals surface area contributed by atoms with Crippen molar-refractivity contribution in [1.29, 1.82) is 0 Å². The molecule has 3 nitrogen and oxygen atoms in total. The Balaban J connectivity index is 2.34. The maximum atomic E-state index is 12.9. The molecule has 2 aromatic carbocycles. The Labute approximate surface area is 145 Å². The molecular formula is C20H23NO2S. The smallest absolute Gasteiger partial charge is 0.224 e. The van der Waals surface area contributed by atoms with Crippen molar-refractivity contribution in [3.05, 3.63) is 65.7 Å². The van der Waals surface area contributed by atoms with Crippen molar-refractivity contribution in [2.75, 3.05) is 6.54 Å². The van der Waals surface area contributed by atoms with Crippen LogP contribution in [0.5, 0.6) is 0 Å². The van der Waals surface area contributed by atoms with Crippen molar-refractivity contribution in [1.82, 2.24) is 4.31 Å². The van der Waals surface area contributed by atoms with Gasteiger partial charge in [0.25, 0.3) is 10.0 Å². The summed E-state index contributed by atoms with van der Waals surface area (Å²) in [5.74, 6) is 3.35. The van der Waals surface area contributed by atoms with Gasteiger partial charge in [0.15, 0.2) is 0 Å². The Morgan fingerprint density at radius 2 is 1.62 bits per heavy atom. The van der Waals surface area contributed by atoms with Gasteiger partial charge in [0.2, 0.25) is 0 Å². The molecule has 0 bridgehead atoms. The van der Waals surface area contributed by atoms with Crippen LogP contribution in [0.4, 0.5) is 0 Å². The molecule has 0 amide bonds. The molecule has 0 saturated carbocycles. The van der Waals surface area contributed by atoms with E-state index in [1.54, 1.807) is 24.3 Å². The Morgan fingerprint density at radius 1 is 1.00 bits per heavy atom. The number of benzene rings is 2. The maximum absolute atomic E-state index is 12.9. The SMILES string of the molecule is Cc1ccc(S(=O)(=O)N(C#Cc2ccccc2)CCC(C)C)cc1. The lowest BCUT2D eigenvalue weighted by Gasteiger charge is -2.19. The lowest BCUT2D eigenvalue weighted by Crippen LogP contribution is -2.28. The summed E-state index contributed by atoms with van der Waals surface area (Å²) in [7, 11) is -3.62. The summed E-state index contributed by atoms with van der Waals surface area (Å²) in [5, 5.41) is 0. The van der Waals surface area contributed by atoms with Gasteiger partial charge >= 0.3 is 0 Å². The number of aryl methyl sites for hydroxylation is 1. The molecule has 0 aliphatic rings. The van der Waals surface area contributed by atoms with E-state index in [0.717, 1.165) is 17.5 Å². The maximum Gasteiger partial charge on any atom is 0.270 e. The zero-order valence-corrected chi connectivity index (χ0v) is 15.2. The van der Waals surface area contributed by atoms with Crippen LogP contribution in [0.25, 0.3) is 0 Å². The molecule has 0 fully saturated rings. The lowest BCUT2D eigenvalue weighted by atomic mass is 10.1. The Kier molecular flexibility index (Phi) is 6.05. The summed E-state index contributed by atoms with van der Waals surface area (Å²) >= 11 is 0. The summed E-state index contributed by atoms with van der Waals surface area (Å²) in [6.45, 7) is 6.46. The Morgan fingerprint density at radius 3 is 2.21 bits per heavy atom. The van der Waals surface area contributed by atoms with Gasteiger partial charge < -0.3 is 0 Å². The minimum absolute atomic E-state index is 0.277. The molecule has 0 saturated heterocycles. The first-order valence-corrected chi connectivity index (χ1v) is 9.49. The van der Waals surface area contributed by atoms with E-state index in [4.69, 9.17) is 0 Å². The number of hydrogen-bond donors (Lipinski definition) is 0. The fourth-order valence-corrected chi connectivity index (χ4v) is 3.34. The molecular weight excluding hydrogens is 318 g/mol. The van der Waals surface area contributed by atoms with Gasteiger partial charge in [-0.3, -0.25) is 0 Å². The number of sulfonamides is 1. The predicted octanol–water partition coefficient (Wildman–Crippen LogP) is 4.04. The second-order valence-corrected chi connectivity index (χ2v) is 8.04. The predicted molar refractivity (Wildman–Crippen MR) is 97.8 cm³/mol. The Hall–Kier alpha value is -2.25. The van der Waals surface area contributed by atoms with E-state index in [-0.39, 0.29) is 4.90 Å². The van der Waals surface area contributed by atoms with E-state index in [2.05, 4.69) is 25.8 Å². The largest absolute Gasteiger partial charge is 0.270 e. The van der Waals surface area contributed by atoms with Gasteiger partial charge in [-0.2, -0.15) is 0 Å². The van der Waals surface area contributed by atoms with Crippen molar-refractivity contribution < 1.29 is 8.42 Å². The highest BCUT2D eigenvalue weighted by molar-refractivity contribution is 7.89. The first-order chi connectivity index (χ1) is 11.4. The molecule has 0 aromatic heterocycles. The monoisotopic (exact) mass is 341 g/mol. The van der Waals surface area contributed by atoms with Crippen LogP contribution in [0, 0.1) is 24.8 Å². The van der Waals surface area contributed by atoms with E-state index in [1.807, 2.05) is 37.3 Å². The highest BCUT2D eigenvalue weighted by Crippen LogP contribution is 2.17. The van der Waals surface area contributed by atoms with Gasteiger partial charge in [0, 0.05) is 18.2 Å². The van der Waals surface area contributed by atoms with Gasteiger partial charge in [0.1, 0.15) is 0 Å². The van der Waals surface area contributed by atoms with Gasteiger partial charge in [-0.05, 0) is 49.4 Å². The summed E-state index contributed by atoms with van der Waals surface area (Å²) < 4.78 is 27.1. The lowest BCUT2D eigenvalue weighted by molar-refractivity contribution is 0.464. The molecule has 0 radical (unpaired) electrons. The van der Waals surface area contributed by atoms with E-state index in [0.29, 0.717) is 12.5 Å². The fourth-order valence-electron chi connectivity index (χ4n) is 2.10. The molecule has 4 heteroatoms. The molecule has 2 aromatic rings. The zero-order valence-electron chi connectivity index (χ0n) is 14.4. The second-order valence-electron chi connectivity index (χ2n) is 6.18. The Bertz CT molecular complexity index is 813. The van der Waals surface area contributed by atoms with Crippen molar-refractivity contribution in [2.24, 2.45) is 5.92 Å². The molecule has 0 atom stereocenters. The van der Waals surface area contributed by atoms with Gasteiger partial charge in [-0.15, -0.1) is 0 Å². The van der Waals surface area contributed by atoms with Gasteiger partial charge in [0.05, 0.1) is 4.90 Å². The quantitative estimate of drug-likeness (QED) is 0.608. The molecule has 0 spiro atoms. The van der Waals surface area contributed by atoms with E-state index in [9.17, 15) is 8.42 Å². The zero-order chi connectivity index (χ0) is 17.6. The minimum Gasteiger partial charge on any atom is -0.224 e. The van der Waals surface area contributed by atoms with Crippen LogP contribution in [-0.4, -0.2) is 19.3 Å². The van der Waals surface area contributed by atoms with E-state index < -0.39 is 10.0 Å². The molecule has 24 heavy (non-hydrogen) atoms. The van der Waals surface area contributed by atoms with Crippen LogP contribution >= 0.6 is 0 Å². The summed E-state index contributed by atoms with van der Waals surface area (Å²) in [5.41, 5.74) is 1.82. The minimum atomic E-state index is -3.62. The topological polar surface area (TPSA) is 37.4 Å². The molecule has 2 rings (SSSR count). The van der Waals surface area contributed by atoms with Crippen LogP contribution < -0.4 is 0 Å². The number of rotatable bonds is 5. The molecule has 0 N–H and O–H groups in total. The second kappa shape index (κ2) is 8.03. The average molecular weight is 341 g/mol. The first kappa shape index (κ1) is 18.1. The van der Waals surface area contributed by atoms with Crippen molar-refractivity contribution >= 4 is 10.0 Å². The van der Waals surface area contributed by atoms with Crippen molar-refractivity contribution in [3.63, 3.8) is 0 Å². The van der Waals surface area contributed by atoms with Crippen molar-refractivity contribution in [3.8, 4) is 12.0 Å². The molecule has 0 aliphatic heterocycles. The van der Waals surface area contributed by atoms with Crippen molar-refractivity contribution in [2.45, 2.75) is 32.1 Å². The normalized spacial score (nSPS) is 11.0.